The quantitative estimate of drug-likeness (QED) is 0.288. The fourth-order valence-electron chi connectivity index (χ4n) is 3.65. The van der Waals surface area contributed by atoms with Gasteiger partial charge in [-0.25, -0.2) is 19.0 Å². The lowest BCUT2D eigenvalue weighted by molar-refractivity contribution is -0.118. The lowest BCUT2D eigenvalue weighted by Gasteiger charge is -2.18. The van der Waals surface area contributed by atoms with Crippen LogP contribution in [-0.2, 0) is 24.3 Å². The molecule has 10 heteroatoms. The Morgan fingerprint density at radius 3 is 2.71 bits per heavy atom. The Balaban J connectivity index is 1.56. The van der Waals surface area contributed by atoms with Gasteiger partial charge >= 0.3 is 0 Å². The maximum absolute atomic E-state index is 13.4. The second-order valence-corrected chi connectivity index (χ2v) is 8.77. The number of pyridine rings is 1. The largest absolute Gasteiger partial charge is 0.373 e. The average molecular weight is 494 g/mol. The topological polar surface area (TPSA) is 96.8 Å². The lowest BCUT2D eigenvalue weighted by atomic mass is 10.0. The summed E-state index contributed by atoms with van der Waals surface area (Å²) in [7, 11) is 1.81. The highest BCUT2D eigenvalue weighted by Gasteiger charge is 2.21. The number of rotatable bonds is 11. The second-order valence-electron chi connectivity index (χ2n) is 8.05. The van der Waals surface area contributed by atoms with Crippen LogP contribution in [-0.4, -0.2) is 38.7 Å². The van der Waals surface area contributed by atoms with Crippen molar-refractivity contribution in [3.8, 4) is 11.3 Å². The molecule has 4 aromatic rings. The molecular formula is C25H28FN7OS. The molecular weight excluding hydrogens is 465 g/mol. The van der Waals surface area contributed by atoms with Crippen LogP contribution in [0.15, 0.2) is 59.6 Å². The second kappa shape index (κ2) is 11.7. The minimum atomic E-state index is -0.549. The van der Waals surface area contributed by atoms with Crippen LogP contribution in [0.3, 0.4) is 0 Å². The van der Waals surface area contributed by atoms with Crippen molar-refractivity contribution in [3.63, 3.8) is 0 Å². The number of aryl methyl sites for hydroxylation is 1. The van der Waals surface area contributed by atoms with Gasteiger partial charge in [-0.15, -0.1) is 11.3 Å². The summed E-state index contributed by atoms with van der Waals surface area (Å²) in [4.78, 5) is 22.0. The normalized spacial score (nSPS) is 11.9. The summed E-state index contributed by atoms with van der Waals surface area (Å²) < 4.78 is 15.2. The van der Waals surface area contributed by atoms with Gasteiger partial charge in [-0.1, -0.05) is 19.1 Å². The summed E-state index contributed by atoms with van der Waals surface area (Å²) >= 11 is 1.50. The number of carbonyl (C=O) groups excluding carboxylic acids is 1. The SMILES string of the molecule is CCCn1nc(-c2ccnc(NC)c2)cc1NC(=O)[C@H](Cc1ccc(F)cc1)NCc1cscn1. The standard InChI is InChI=1S/C25H28FN7OS/c1-3-10-33-24(13-21(32-33)18-8-9-28-23(12-18)27-2)31-25(34)22(29-14-20-15-35-16-30-20)11-17-4-6-19(26)7-5-17/h4-9,12-13,15-16,22,29H,3,10-11,14H2,1-2H3,(H,27,28)(H,31,34)/t22-/m0/s1. The van der Waals surface area contributed by atoms with Gasteiger partial charge in [0.15, 0.2) is 0 Å². The van der Waals surface area contributed by atoms with Crippen molar-refractivity contribution in [2.45, 2.75) is 38.9 Å². The molecule has 35 heavy (non-hydrogen) atoms. The summed E-state index contributed by atoms with van der Waals surface area (Å²) in [5, 5.41) is 16.0. The zero-order chi connectivity index (χ0) is 24.6. The molecule has 1 aromatic carbocycles. The van der Waals surface area contributed by atoms with Gasteiger partial charge in [-0.3, -0.25) is 10.1 Å². The highest BCUT2D eigenvalue weighted by atomic mass is 32.1. The van der Waals surface area contributed by atoms with E-state index in [0.29, 0.717) is 25.3 Å². The molecule has 4 rings (SSSR count). The third-order valence-electron chi connectivity index (χ3n) is 5.46. The first-order valence-corrected chi connectivity index (χ1v) is 12.4. The highest BCUT2D eigenvalue weighted by molar-refractivity contribution is 7.07. The molecule has 3 N–H and O–H groups in total. The van der Waals surface area contributed by atoms with E-state index in [4.69, 9.17) is 5.10 Å². The van der Waals surface area contributed by atoms with Crippen molar-refractivity contribution in [3.05, 3.63) is 76.6 Å². The van der Waals surface area contributed by atoms with Crippen molar-refractivity contribution in [1.82, 2.24) is 25.1 Å². The third-order valence-corrected chi connectivity index (χ3v) is 6.10. The fourth-order valence-corrected chi connectivity index (χ4v) is 4.21. The molecule has 3 heterocycles. The summed E-state index contributed by atoms with van der Waals surface area (Å²) in [6, 6.07) is 11.3. The van der Waals surface area contributed by atoms with E-state index in [2.05, 4.69) is 32.8 Å². The molecule has 0 aliphatic heterocycles. The molecule has 0 fully saturated rings. The van der Waals surface area contributed by atoms with Crippen molar-refractivity contribution in [2.75, 3.05) is 17.7 Å². The Morgan fingerprint density at radius 2 is 2.00 bits per heavy atom. The molecule has 0 saturated heterocycles. The van der Waals surface area contributed by atoms with Crippen molar-refractivity contribution >= 4 is 28.9 Å². The molecule has 0 aliphatic rings. The first kappa shape index (κ1) is 24.5. The van der Waals surface area contributed by atoms with Gasteiger partial charge in [0, 0.05) is 43.3 Å². The van der Waals surface area contributed by atoms with Crippen LogP contribution in [0.5, 0.6) is 0 Å². The molecule has 3 aromatic heterocycles. The Kier molecular flexibility index (Phi) is 8.17. The molecule has 0 unspecified atom stereocenters. The third kappa shape index (κ3) is 6.49. The zero-order valence-electron chi connectivity index (χ0n) is 19.7. The first-order valence-electron chi connectivity index (χ1n) is 11.4. The first-order chi connectivity index (χ1) is 17.1. The predicted octanol–water partition coefficient (Wildman–Crippen LogP) is 4.33. The molecule has 0 saturated carbocycles. The lowest BCUT2D eigenvalue weighted by Crippen LogP contribution is -2.42. The maximum Gasteiger partial charge on any atom is 0.243 e. The van der Waals surface area contributed by atoms with Gasteiger partial charge in [0.2, 0.25) is 5.91 Å². The Hall–Kier alpha value is -3.63. The molecule has 0 radical (unpaired) electrons. The minimum absolute atomic E-state index is 0.195. The van der Waals surface area contributed by atoms with Crippen molar-refractivity contribution in [2.24, 2.45) is 0 Å². The molecule has 0 aliphatic carbocycles. The Bertz CT molecular complexity index is 1240. The van der Waals surface area contributed by atoms with Crippen LogP contribution in [0.25, 0.3) is 11.3 Å². The van der Waals surface area contributed by atoms with E-state index < -0.39 is 6.04 Å². The van der Waals surface area contributed by atoms with Crippen LogP contribution in [0.2, 0.25) is 0 Å². The summed E-state index contributed by atoms with van der Waals surface area (Å²) in [6.07, 6.45) is 2.99. The number of hydrogen-bond donors (Lipinski definition) is 3. The van der Waals surface area contributed by atoms with Gasteiger partial charge in [-0.05, 0) is 42.7 Å². The van der Waals surface area contributed by atoms with Crippen LogP contribution < -0.4 is 16.0 Å². The number of aromatic nitrogens is 4. The molecule has 0 bridgehead atoms. The smallest absolute Gasteiger partial charge is 0.243 e. The monoisotopic (exact) mass is 493 g/mol. The summed E-state index contributed by atoms with van der Waals surface area (Å²) in [5.41, 5.74) is 5.13. The van der Waals surface area contributed by atoms with E-state index in [1.54, 1.807) is 23.8 Å². The minimum Gasteiger partial charge on any atom is -0.373 e. The molecule has 0 spiro atoms. The number of halogens is 1. The Morgan fingerprint density at radius 1 is 1.17 bits per heavy atom. The number of thiazole rings is 1. The average Bonchev–Trinajstić information content (AvgIpc) is 3.53. The molecule has 8 nitrogen and oxygen atoms in total. The van der Waals surface area contributed by atoms with Crippen molar-refractivity contribution < 1.29 is 9.18 Å². The maximum atomic E-state index is 13.4. The van der Waals surface area contributed by atoms with Crippen LogP contribution in [0.4, 0.5) is 16.0 Å². The molecule has 1 amide bonds. The van der Waals surface area contributed by atoms with Crippen LogP contribution >= 0.6 is 11.3 Å². The number of nitrogens with one attached hydrogen (secondary N) is 3. The molecule has 182 valence electrons. The van der Waals surface area contributed by atoms with E-state index in [9.17, 15) is 9.18 Å². The van der Waals surface area contributed by atoms with Gasteiger partial charge in [-0.2, -0.15) is 5.10 Å². The van der Waals surface area contributed by atoms with E-state index in [-0.39, 0.29) is 11.7 Å². The Labute approximate surface area is 207 Å². The number of anilines is 2. The van der Waals surface area contributed by atoms with Gasteiger partial charge in [0.25, 0.3) is 0 Å². The predicted molar refractivity (Wildman–Crippen MR) is 137 cm³/mol. The number of benzene rings is 1. The number of amides is 1. The number of nitrogens with zero attached hydrogens (tertiary/aromatic N) is 4. The number of hydrogen-bond acceptors (Lipinski definition) is 7. The fraction of sp³-hybridized carbons (Fsp3) is 0.280. The summed E-state index contributed by atoms with van der Waals surface area (Å²) in [5.74, 6) is 0.857. The van der Waals surface area contributed by atoms with E-state index in [1.165, 1.54) is 23.5 Å². The van der Waals surface area contributed by atoms with E-state index in [1.807, 2.05) is 35.3 Å². The molecule has 1 atom stereocenters. The zero-order valence-corrected chi connectivity index (χ0v) is 20.5. The van der Waals surface area contributed by atoms with Crippen LogP contribution in [0.1, 0.15) is 24.6 Å². The summed E-state index contributed by atoms with van der Waals surface area (Å²) in [6.45, 7) is 3.17. The van der Waals surface area contributed by atoms with Gasteiger partial charge < -0.3 is 10.6 Å². The van der Waals surface area contributed by atoms with Crippen LogP contribution in [0, 0.1) is 5.82 Å². The van der Waals surface area contributed by atoms with Gasteiger partial charge in [0.1, 0.15) is 17.5 Å². The van der Waals surface area contributed by atoms with E-state index >= 15 is 0 Å². The highest BCUT2D eigenvalue weighted by Crippen LogP contribution is 2.24. The van der Waals surface area contributed by atoms with Crippen molar-refractivity contribution in [1.29, 1.82) is 0 Å². The van der Waals surface area contributed by atoms with E-state index in [0.717, 1.165) is 34.8 Å². The number of carbonyl (C=O) groups is 1. The van der Waals surface area contributed by atoms with Gasteiger partial charge in [0.05, 0.1) is 22.9 Å².